The molecule has 0 aromatic rings. The van der Waals surface area contributed by atoms with Crippen molar-refractivity contribution in [3.8, 4) is 0 Å². The number of nitrogens with one attached hydrogen (secondary N) is 1. The lowest BCUT2D eigenvalue weighted by molar-refractivity contribution is 0.0256. The van der Waals surface area contributed by atoms with Crippen LogP contribution in [0.1, 0.15) is 47.5 Å². The van der Waals surface area contributed by atoms with Crippen molar-refractivity contribution in [3.05, 3.63) is 12.2 Å². The van der Waals surface area contributed by atoms with Crippen LogP contribution in [0.5, 0.6) is 0 Å². The number of halogens is 1. The van der Waals surface area contributed by atoms with E-state index >= 15 is 0 Å². The molecule has 0 aromatic carbocycles. The third-order valence-corrected chi connectivity index (χ3v) is 4.94. The fourth-order valence-corrected chi connectivity index (χ4v) is 3.62. The molecule has 29 heavy (non-hydrogen) atoms. The van der Waals surface area contributed by atoms with Gasteiger partial charge in [-0.05, 0) is 40.5 Å². The van der Waals surface area contributed by atoms with Crippen LogP contribution in [0.3, 0.4) is 0 Å². The van der Waals surface area contributed by atoms with E-state index in [0.717, 1.165) is 45.1 Å². The Bertz CT molecular complexity index is 554. The Kier molecular flexibility index (Phi) is 11.3. The highest BCUT2D eigenvalue weighted by Gasteiger charge is 2.29. The molecule has 1 amide bonds. The van der Waals surface area contributed by atoms with Gasteiger partial charge < -0.3 is 19.9 Å². The van der Waals surface area contributed by atoms with Gasteiger partial charge in [0.2, 0.25) is 0 Å². The summed E-state index contributed by atoms with van der Waals surface area (Å²) in [4.78, 5) is 23.9. The smallest absolute Gasteiger partial charge is 0.410 e. The molecule has 168 valence electrons. The maximum atomic E-state index is 12.4. The van der Waals surface area contributed by atoms with Crippen LogP contribution in [0.15, 0.2) is 17.1 Å². The summed E-state index contributed by atoms with van der Waals surface area (Å²) in [6.45, 7) is 16.7. The molecule has 0 bridgehead atoms. The van der Waals surface area contributed by atoms with E-state index in [1.165, 1.54) is 6.42 Å². The zero-order valence-corrected chi connectivity index (χ0v) is 21.1. The molecular formula is C21H40IN5O2. The summed E-state index contributed by atoms with van der Waals surface area (Å²) in [5.41, 5.74) is -0.476. The highest BCUT2D eigenvalue weighted by molar-refractivity contribution is 14.0. The molecule has 1 fully saturated rings. The summed E-state index contributed by atoms with van der Waals surface area (Å²) in [5, 5.41) is 3.42. The first-order chi connectivity index (χ1) is 13.3. The van der Waals surface area contributed by atoms with Gasteiger partial charge in [0.25, 0.3) is 0 Å². The van der Waals surface area contributed by atoms with E-state index in [4.69, 9.17) is 9.73 Å². The van der Waals surface area contributed by atoms with Gasteiger partial charge in [-0.3, -0.25) is 9.89 Å². The Morgan fingerprint density at radius 3 is 2.52 bits per heavy atom. The predicted octanol–water partition coefficient (Wildman–Crippen LogP) is 3.16. The van der Waals surface area contributed by atoms with Crippen LogP contribution in [0, 0.1) is 0 Å². The fraction of sp³-hybridized carbons (Fsp3) is 0.810. The third-order valence-electron chi connectivity index (χ3n) is 4.94. The molecule has 0 aromatic heterocycles. The van der Waals surface area contributed by atoms with Crippen LogP contribution in [0.2, 0.25) is 0 Å². The van der Waals surface area contributed by atoms with Crippen molar-refractivity contribution >= 4 is 36.0 Å². The van der Waals surface area contributed by atoms with Gasteiger partial charge in [0.15, 0.2) is 5.96 Å². The van der Waals surface area contributed by atoms with E-state index in [2.05, 4.69) is 41.1 Å². The molecule has 8 heteroatoms. The molecule has 2 heterocycles. The Balaban J connectivity index is 0.00000420. The molecule has 0 aliphatic carbocycles. The zero-order chi connectivity index (χ0) is 20.6. The van der Waals surface area contributed by atoms with Gasteiger partial charge in [0.1, 0.15) is 5.60 Å². The molecule has 1 atom stereocenters. The molecule has 0 saturated carbocycles. The van der Waals surface area contributed by atoms with Gasteiger partial charge in [-0.2, -0.15) is 0 Å². The van der Waals surface area contributed by atoms with Gasteiger partial charge in [-0.1, -0.05) is 19.1 Å². The number of carbonyl (C=O) groups excluding carboxylic acids is 1. The lowest BCUT2D eigenvalue weighted by Crippen LogP contribution is -2.43. The van der Waals surface area contributed by atoms with Crippen LogP contribution in [-0.2, 0) is 4.74 Å². The van der Waals surface area contributed by atoms with Crippen molar-refractivity contribution in [1.82, 2.24) is 20.0 Å². The van der Waals surface area contributed by atoms with Crippen molar-refractivity contribution in [1.29, 1.82) is 0 Å². The van der Waals surface area contributed by atoms with E-state index in [1.54, 1.807) is 4.90 Å². The first-order valence-corrected chi connectivity index (χ1v) is 10.7. The summed E-state index contributed by atoms with van der Waals surface area (Å²) < 4.78 is 5.53. The standard InChI is InChI=1S/C21H39N5O2.HI/c1-6-12-25(20(27)28-21(3,4)5)16-11-23-19(22-7-2)26-15-10-18(17-26)24-13-8-9-14-24;/h8-9,18H,6-7,10-17H2,1-5H3,(H,22,23);1H. The Morgan fingerprint density at radius 1 is 1.24 bits per heavy atom. The van der Waals surface area contributed by atoms with E-state index in [0.29, 0.717) is 25.7 Å². The molecule has 2 rings (SSSR count). The van der Waals surface area contributed by atoms with Crippen LogP contribution in [0.4, 0.5) is 4.79 Å². The number of nitrogens with zero attached hydrogens (tertiary/aromatic N) is 4. The number of carbonyl (C=O) groups is 1. The molecule has 2 aliphatic heterocycles. The molecule has 2 aliphatic rings. The van der Waals surface area contributed by atoms with Crippen LogP contribution >= 0.6 is 24.0 Å². The van der Waals surface area contributed by atoms with Gasteiger partial charge in [0, 0.05) is 51.9 Å². The Labute approximate surface area is 193 Å². The first-order valence-electron chi connectivity index (χ1n) is 10.7. The summed E-state index contributed by atoms with van der Waals surface area (Å²) in [6.07, 6.45) is 6.33. The number of ether oxygens (including phenoxy) is 1. The van der Waals surface area contributed by atoms with Crippen LogP contribution in [-0.4, -0.2) is 90.8 Å². The maximum Gasteiger partial charge on any atom is 0.410 e. The van der Waals surface area contributed by atoms with Gasteiger partial charge in [0.05, 0.1) is 6.54 Å². The van der Waals surface area contributed by atoms with Crippen LogP contribution < -0.4 is 5.32 Å². The minimum Gasteiger partial charge on any atom is -0.444 e. The van der Waals surface area contributed by atoms with E-state index in [9.17, 15) is 4.79 Å². The average molecular weight is 521 g/mol. The van der Waals surface area contributed by atoms with Crippen molar-refractivity contribution < 1.29 is 9.53 Å². The number of likely N-dealkylation sites (tertiary alicyclic amines) is 1. The molecule has 0 radical (unpaired) electrons. The van der Waals surface area contributed by atoms with Crippen molar-refractivity contribution in [2.45, 2.75) is 59.1 Å². The molecule has 1 unspecified atom stereocenters. The molecule has 7 nitrogen and oxygen atoms in total. The summed E-state index contributed by atoms with van der Waals surface area (Å²) in [6, 6.07) is 0.595. The molecular weight excluding hydrogens is 481 g/mol. The normalized spacial score (nSPS) is 20.0. The zero-order valence-electron chi connectivity index (χ0n) is 18.8. The van der Waals surface area contributed by atoms with Crippen LogP contribution in [0.25, 0.3) is 0 Å². The monoisotopic (exact) mass is 521 g/mol. The topological polar surface area (TPSA) is 60.4 Å². The second kappa shape index (κ2) is 12.6. The number of aliphatic imine (C=N–C) groups is 1. The largest absolute Gasteiger partial charge is 0.444 e. The summed E-state index contributed by atoms with van der Waals surface area (Å²) in [7, 11) is 0. The minimum absolute atomic E-state index is 0. The number of amides is 1. The number of rotatable bonds is 7. The maximum absolute atomic E-state index is 12.4. The van der Waals surface area contributed by atoms with E-state index < -0.39 is 5.60 Å². The van der Waals surface area contributed by atoms with Gasteiger partial charge >= 0.3 is 6.09 Å². The van der Waals surface area contributed by atoms with Gasteiger partial charge in [-0.15, -0.1) is 24.0 Å². The minimum atomic E-state index is -0.476. The van der Waals surface area contributed by atoms with Gasteiger partial charge in [-0.25, -0.2) is 4.79 Å². The van der Waals surface area contributed by atoms with E-state index in [-0.39, 0.29) is 30.1 Å². The van der Waals surface area contributed by atoms with Crippen molar-refractivity contribution in [2.24, 2.45) is 4.99 Å². The number of hydrogen-bond acceptors (Lipinski definition) is 4. The summed E-state index contributed by atoms with van der Waals surface area (Å²) >= 11 is 0. The second-order valence-electron chi connectivity index (χ2n) is 8.52. The van der Waals surface area contributed by atoms with E-state index in [1.807, 2.05) is 20.8 Å². The number of hydrogen-bond donors (Lipinski definition) is 1. The van der Waals surface area contributed by atoms with Crippen molar-refractivity contribution in [3.63, 3.8) is 0 Å². The lowest BCUT2D eigenvalue weighted by atomic mass is 10.2. The summed E-state index contributed by atoms with van der Waals surface area (Å²) in [5.74, 6) is 0.956. The predicted molar refractivity (Wildman–Crippen MR) is 130 cm³/mol. The third kappa shape index (κ3) is 8.70. The highest BCUT2D eigenvalue weighted by Crippen LogP contribution is 2.18. The molecule has 1 N–H and O–H groups in total. The number of guanidine groups is 1. The average Bonchev–Trinajstić information content (AvgIpc) is 3.29. The highest BCUT2D eigenvalue weighted by atomic mass is 127. The lowest BCUT2D eigenvalue weighted by Gasteiger charge is -2.27. The quantitative estimate of drug-likeness (QED) is 0.242. The van der Waals surface area contributed by atoms with Crippen molar-refractivity contribution in [2.75, 3.05) is 52.4 Å². The molecule has 1 saturated heterocycles. The SMILES string of the molecule is CCCN(CCN=C(NCC)N1CCC(N2CC=CC2)C1)C(=O)OC(C)(C)C.I. The fourth-order valence-electron chi connectivity index (χ4n) is 3.62. The Hall–Kier alpha value is -1.03. The second-order valence-corrected chi connectivity index (χ2v) is 8.52. The molecule has 0 spiro atoms. The first kappa shape index (κ1) is 26.0. The Morgan fingerprint density at radius 2 is 1.93 bits per heavy atom.